The quantitative estimate of drug-likeness (QED) is 0.296. The summed E-state index contributed by atoms with van der Waals surface area (Å²) in [5, 5.41) is 12.6. The highest BCUT2D eigenvalue weighted by molar-refractivity contribution is 5.89. The molecule has 2 aliphatic carbocycles. The van der Waals surface area contributed by atoms with Crippen LogP contribution in [0.3, 0.4) is 0 Å². The zero-order chi connectivity index (χ0) is 35.3. The molecule has 1 aromatic heterocycles. The molecular weight excluding hydrogens is 624 g/mol. The molecule has 15 heteroatoms. The molecule has 3 fully saturated rings. The lowest BCUT2D eigenvalue weighted by atomic mass is 9.45. The number of furan rings is 1. The number of ether oxygens (including phenoxy) is 7. The summed E-state index contributed by atoms with van der Waals surface area (Å²) in [4.78, 5) is 77.8. The molecule has 1 saturated heterocycles. The predicted octanol–water partition coefficient (Wildman–Crippen LogP) is 2.05. The second-order valence-electron chi connectivity index (χ2n) is 13.4. The minimum atomic E-state index is -2.28. The lowest BCUT2D eigenvalue weighted by molar-refractivity contribution is -0.363. The highest BCUT2D eigenvalue weighted by Gasteiger charge is 2.89. The highest BCUT2D eigenvalue weighted by atomic mass is 16.7. The lowest BCUT2D eigenvalue weighted by Gasteiger charge is -2.66. The summed E-state index contributed by atoms with van der Waals surface area (Å²) < 4.78 is 47.2. The van der Waals surface area contributed by atoms with Crippen LogP contribution in [-0.4, -0.2) is 94.9 Å². The Hall–Kier alpha value is -3.98. The smallest absolute Gasteiger partial charge is 0.341 e. The second kappa shape index (κ2) is 12.6. The number of rotatable bonds is 9. The second-order valence-corrected chi connectivity index (χ2v) is 13.4. The number of carbonyl (C=O) groups is 6. The third-order valence-electron chi connectivity index (χ3n) is 9.17. The number of esters is 6. The Morgan fingerprint density at radius 2 is 1.43 bits per heavy atom. The molecule has 15 nitrogen and oxygen atoms in total. The van der Waals surface area contributed by atoms with Crippen LogP contribution >= 0.6 is 0 Å². The molecule has 0 unspecified atom stereocenters. The molecular formula is C32H42O15. The molecule has 3 aliphatic rings. The van der Waals surface area contributed by atoms with E-state index in [0.717, 1.165) is 34.0 Å². The topological polar surface area (TPSA) is 200 Å². The first kappa shape index (κ1) is 35.9. The first-order valence-electron chi connectivity index (χ1n) is 15.2. The van der Waals surface area contributed by atoms with Crippen molar-refractivity contribution < 1.29 is 71.4 Å². The van der Waals surface area contributed by atoms with Crippen LogP contribution in [-0.2, 0) is 57.1 Å². The van der Waals surface area contributed by atoms with E-state index in [1.54, 1.807) is 27.7 Å². The molecule has 2 saturated carbocycles. The van der Waals surface area contributed by atoms with Gasteiger partial charge in [-0.2, -0.15) is 0 Å². The van der Waals surface area contributed by atoms with Gasteiger partial charge in [-0.25, -0.2) is 4.79 Å². The van der Waals surface area contributed by atoms with E-state index >= 15 is 0 Å². The maximum Gasteiger partial charge on any atom is 0.341 e. The SMILES string of the molecule is CC(=O)O[C@@H]1[C@@H]2[C@@H](OC(C)=O)[C@@]3(OC2(C)C)[C@](COC(=O)C(C)C)([C@H]1OC(=O)c1ccoc1)[C@@H](OC(C)=O)[C@@H](OC(C)=O)C[C@]3(C)O. The van der Waals surface area contributed by atoms with Crippen LogP contribution in [0.4, 0.5) is 0 Å². The lowest BCUT2D eigenvalue weighted by Crippen LogP contribution is -2.85. The Kier molecular flexibility index (Phi) is 9.59. The van der Waals surface area contributed by atoms with Crippen LogP contribution in [0.15, 0.2) is 23.0 Å². The average Bonchev–Trinajstić information content (AvgIpc) is 3.52. The zero-order valence-electron chi connectivity index (χ0n) is 27.9. The summed E-state index contributed by atoms with van der Waals surface area (Å²) in [5.41, 5.74) is -8.17. The molecule has 9 atom stereocenters. The average molecular weight is 667 g/mol. The van der Waals surface area contributed by atoms with Gasteiger partial charge in [0.25, 0.3) is 0 Å². The van der Waals surface area contributed by atoms with E-state index < -0.39 is 113 Å². The van der Waals surface area contributed by atoms with Crippen LogP contribution in [0.5, 0.6) is 0 Å². The first-order chi connectivity index (χ1) is 21.7. The first-order valence-corrected chi connectivity index (χ1v) is 15.2. The molecule has 0 aromatic carbocycles. The van der Waals surface area contributed by atoms with E-state index in [-0.39, 0.29) is 5.56 Å². The van der Waals surface area contributed by atoms with Crippen LogP contribution in [0, 0.1) is 17.3 Å². The van der Waals surface area contributed by atoms with Gasteiger partial charge in [0, 0.05) is 34.1 Å². The van der Waals surface area contributed by atoms with Crippen molar-refractivity contribution in [2.75, 3.05) is 6.61 Å². The number of carbonyl (C=O) groups excluding carboxylic acids is 6. The summed E-state index contributed by atoms with van der Waals surface area (Å²) in [6.45, 7) is 11.2. The Morgan fingerprint density at radius 1 is 0.851 bits per heavy atom. The molecule has 2 bridgehead atoms. The van der Waals surface area contributed by atoms with E-state index in [2.05, 4.69) is 0 Å². The van der Waals surface area contributed by atoms with E-state index in [4.69, 9.17) is 37.6 Å². The molecule has 1 aliphatic heterocycles. The van der Waals surface area contributed by atoms with Crippen molar-refractivity contribution >= 4 is 35.8 Å². The van der Waals surface area contributed by atoms with Crippen LogP contribution in [0.1, 0.15) is 79.1 Å². The Bertz CT molecular complexity index is 1410. The molecule has 0 radical (unpaired) electrons. The van der Waals surface area contributed by atoms with E-state index in [0.29, 0.717) is 0 Å². The minimum Gasteiger partial charge on any atom is -0.472 e. The number of aliphatic hydroxyl groups is 1. The standard InChI is InChI=1S/C32H42O15/c1-15(2)27(37)41-14-31-24(44-18(5)35)21(42-16(3)33)12-30(9,39)32(31)25(45-19(6)36)22(29(7,8)47-32)23(43-17(4)34)26(31)46-28(38)20-10-11-40-13-20/h10-11,13,15,21-26,39H,12,14H2,1-9H3/t21-,22+,23+,24-,25+,26-,30-,31-,32-/m0/s1. The molecule has 2 heterocycles. The van der Waals surface area contributed by atoms with Crippen molar-refractivity contribution in [2.24, 2.45) is 17.3 Å². The maximum atomic E-state index is 13.8. The predicted molar refractivity (Wildman–Crippen MR) is 155 cm³/mol. The summed E-state index contributed by atoms with van der Waals surface area (Å²) in [6.07, 6.45) is -6.09. The number of hydrogen-bond acceptors (Lipinski definition) is 15. The van der Waals surface area contributed by atoms with Crippen molar-refractivity contribution in [3.63, 3.8) is 0 Å². The van der Waals surface area contributed by atoms with Crippen LogP contribution in [0.2, 0.25) is 0 Å². The fourth-order valence-electron chi connectivity index (χ4n) is 7.76. The van der Waals surface area contributed by atoms with Gasteiger partial charge < -0.3 is 42.7 Å². The van der Waals surface area contributed by atoms with Gasteiger partial charge in [-0.15, -0.1) is 0 Å². The number of fused-ring (bicyclic) bond motifs is 1. The minimum absolute atomic E-state index is 0.0623. The van der Waals surface area contributed by atoms with E-state index in [1.807, 2.05) is 0 Å². The molecule has 0 amide bonds. The molecule has 1 N–H and O–H groups in total. The fourth-order valence-corrected chi connectivity index (χ4v) is 7.76. The van der Waals surface area contributed by atoms with Crippen LogP contribution in [0.25, 0.3) is 0 Å². The van der Waals surface area contributed by atoms with E-state index in [1.165, 1.54) is 19.3 Å². The Balaban J connectivity index is 2.18. The summed E-state index contributed by atoms with van der Waals surface area (Å²) >= 11 is 0. The summed E-state index contributed by atoms with van der Waals surface area (Å²) in [5.74, 6) is -6.94. The maximum absolute atomic E-state index is 13.8. The van der Waals surface area contributed by atoms with Gasteiger partial charge in [0.1, 0.15) is 36.6 Å². The third kappa shape index (κ3) is 5.99. The van der Waals surface area contributed by atoms with Crippen LogP contribution < -0.4 is 0 Å². The van der Waals surface area contributed by atoms with Gasteiger partial charge in [0.05, 0.1) is 34.9 Å². The third-order valence-corrected chi connectivity index (χ3v) is 9.17. The van der Waals surface area contributed by atoms with Gasteiger partial charge >= 0.3 is 35.8 Å². The largest absolute Gasteiger partial charge is 0.472 e. The van der Waals surface area contributed by atoms with Crippen molar-refractivity contribution in [1.29, 1.82) is 0 Å². The van der Waals surface area contributed by atoms with Gasteiger partial charge in [0.15, 0.2) is 17.8 Å². The van der Waals surface area contributed by atoms with Gasteiger partial charge in [-0.3, -0.25) is 24.0 Å². The van der Waals surface area contributed by atoms with Gasteiger partial charge in [0.2, 0.25) is 0 Å². The van der Waals surface area contributed by atoms with Crippen molar-refractivity contribution in [3.05, 3.63) is 24.2 Å². The van der Waals surface area contributed by atoms with E-state index in [9.17, 15) is 33.9 Å². The van der Waals surface area contributed by atoms with Gasteiger partial charge in [-0.1, -0.05) is 13.8 Å². The van der Waals surface area contributed by atoms with Crippen molar-refractivity contribution in [1.82, 2.24) is 0 Å². The molecule has 47 heavy (non-hydrogen) atoms. The van der Waals surface area contributed by atoms with Crippen molar-refractivity contribution in [2.45, 2.75) is 116 Å². The number of hydrogen-bond donors (Lipinski definition) is 1. The van der Waals surface area contributed by atoms with Crippen molar-refractivity contribution in [3.8, 4) is 0 Å². The fraction of sp³-hybridized carbons (Fsp3) is 0.688. The Labute approximate surface area is 271 Å². The molecule has 4 rings (SSSR count). The molecule has 1 spiro atoms. The Morgan fingerprint density at radius 3 is 1.94 bits per heavy atom. The molecule has 260 valence electrons. The summed E-state index contributed by atoms with van der Waals surface area (Å²) in [6, 6.07) is 1.31. The highest BCUT2D eigenvalue weighted by Crippen LogP contribution is 2.69. The summed E-state index contributed by atoms with van der Waals surface area (Å²) in [7, 11) is 0. The normalized spacial score (nSPS) is 35.2. The van der Waals surface area contributed by atoms with Gasteiger partial charge in [-0.05, 0) is 26.8 Å². The molecule has 1 aromatic rings. The zero-order valence-corrected chi connectivity index (χ0v) is 27.9. The monoisotopic (exact) mass is 666 g/mol.